The molecule has 0 amide bonds. The molecule has 0 radical (unpaired) electrons. The lowest BCUT2D eigenvalue weighted by Gasteiger charge is -2.00. The van der Waals surface area contributed by atoms with E-state index in [1.165, 1.54) is 19.3 Å². The lowest BCUT2D eigenvalue weighted by atomic mass is 10.1. The SMILES string of the molecule is CCCCCC/N=C(/C)CC(=O)CCC. The van der Waals surface area contributed by atoms with Crippen LogP contribution in [0.4, 0.5) is 0 Å². The third-order valence-electron chi connectivity index (χ3n) is 2.38. The van der Waals surface area contributed by atoms with Crippen LogP contribution in [0.1, 0.15) is 65.7 Å². The lowest BCUT2D eigenvalue weighted by Crippen LogP contribution is -2.04. The molecule has 0 aliphatic heterocycles. The molecular formula is C13H25NO. The molecule has 0 aromatic rings. The molecule has 2 heteroatoms. The second-order valence-electron chi connectivity index (χ2n) is 4.14. The fraction of sp³-hybridized carbons (Fsp3) is 0.846. The number of hydrogen-bond acceptors (Lipinski definition) is 2. The highest BCUT2D eigenvalue weighted by atomic mass is 16.1. The van der Waals surface area contributed by atoms with Crippen molar-refractivity contribution in [2.75, 3.05) is 6.54 Å². The number of carbonyl (C=O) groups is 1. The average molecular weight is 211 g/mol. The Morgan fingerprint density at radius 2 is 1.80 bits per heavy atom. The molecule has 0 atom stereocenters. The number of aliphatic imine (C=N–C) groups is 1. The third kappa shape index (κ3) is 9.64. The van der Waals surface area contributed by atoms with Crippen molar-refractivity contribution in [3.05, 3.63) is 0 Å². The molecule has 2 nitrogen and oxygen atoms in total. The normalized spacial score (nSPS) is 11.8. The van der Waals surface area contributed by atoms with Crippen LogP contribution >= 0.6 is 0 Å². The van der Waals surface area contributed by atoms with Crippen LogP contribution in [0.3, 0.4) is 0 Å². The van der Waals surface area contributed by atoms with Crippen molar-refractivity contribution in [3.63, 3.8) is 0 Å². The Labute approximate surface area is 94.2 Å². The van der Waals surface area contributed by atoms with Gasteiger partial charge in [0.2, 0.25) is 0 Å². The molecule has 0 heterocycles. The number of carbonyl (C=O) groups excluding carboxylic acids is 1. The van der Waals surface area contributed by atoms with Gasteiger partial charge >= 0.3 is 0 Å². The Balaban J connectivity index is 3.55. The number of nitrogens with zero attached hydrogens (tertiary/aromatic N) is 1. The molecule has 0 saturated carbocycles. The van der Waals surface area contributed by atoms with E-state index in [2.05, 4.69) is 11.9 Å². The monoisotopic (exact) mass is 211 g/mol. The second kappa shape index (κ2) is 9.88. The van der Waals surface area contributed by atoms with Crippen LogP contribution in [0.5, 0.6) is 0 Å². The number of unbranched alkanes of at least 4 members (excludes halogenated alkanes) is 3. The van der Waals surface area contributed by atoms with Crippen molar-refractivity contribution in [1.82, 2.24) is 0 Å². The molecule has 15 heavy (non-hydrogen) atoms. The summed E-state index contributed by atoms with van der Waals surface area (Å²) in [7, 11) is 0. The van der Waals surface area contributed by atoms with Gasteiger partial charge in [0.25, 0.3) is 0 Å². The van der Waals surface area contributed by atoms with Gasteiger partial charge in [0.1, 0.15) is 5.78 Å². The first-order valence-corrected chi connectivity index (χ1v) is 6.22. The summed E-state index contributed by atoms with van der Waals surface area (Å²) in [6.07, 6.45) is 7.18. The molecule has 0 aromatic heterocycles. The highest BCUT2D eigenvalue weighted by Crippen LogP contribution is 2.01. The summed E-state index contributed by atoms with van der Waals surface area (Å²) in [5, 5.41) is 0. The van der Waals surface area contributed by atoms with Crippen LogP contribution in [0.25, 0.3) is 0 Å². The summed E-state index contributed by atoms with van der Waals surface area (Å²) < 4.78 is 0. The zero-order valence-electron chi connectivity index (χ0n) is 10.5. The number of ketones is 1. The van der Waals surface area contributed by atoms with Gasteiger partial charge in [0, 0.05) is 25.1 Å². The van der Waals surface area contributed by atoms with E-state index in [-0.39, 0.29) is 0 Å². The maximum Gasteiger partial charge on any atom is 0.138 e. The summed E-state index contributed by atoms with van der Waals surface area (Å²) >= 11 is 0. The molecule has 0 bridgehead atoms. The van der Waals surface area contributed by atoms with Crippen LogP contribution in [0, 0.1) is 0 Å². The van der Waals surface area contributed by atoms with Crippen molar-refractivity contribution in [2.24, 2.45) is 4.99 Å². The number of hydrogen-bond donors (Lipinski definition) is 0. The molecule has 0 aromatic carbocycles. The average Bonchev–Trinajstić information content (AvgIpc) is 2.17. The summed E-state index contributed by atoms with van der Waals surface area (Å²) in [5.41, 5.74) is 1.00. The van der Waals surface area contributed by atoms with E-state index in [9.17, 15) is 4.79 Å². The van der Waals surface area contributed by atoms with Crippen LogP contribution in [-0.4, -0.2) is 18.0 Å². The van der Waals surface area contributed by atoms with Gasteiger partial charge in [0.15, 0.2) is 0 Å². The minimum atomic E-state index is 0.326. The topological polar surface area (TPSA) is 29.4 Å². The van der Waals surface area contributed by atoms with Crippen LogP contribution in [0.15, 0.2) is 4.99 Å². The number of Topliss-reactive ketones (excluding diaryl/α,β-unsaturated/α-hetero) is 1. The molecule has 0 unspecified atom stereocenters. The maximum absolute atomic E-state index is 11.3. The van der Waals surface area contributed by atoms with Crippen molar-refractivity contribution in [3.8, 4) is 0 Å². The van der Waals surface area contributed by atoms with E-state index in [1.54, 1.807) is 0 Å². The molecule has 0 N–H and O–H groups in total. The van der Waals surface area contributed by atoms with Crippen molar-refractivity contribution < 1.29 is 4.79 Å². The van der Waals surface area contributed by atoms with Gasteiger partial charge in [-0.1, -0.05) is 33.1 Å². The summed E-state index contributed by atoms with van der Waals surface area (Å²) in [4.78, 5) is 15.7. The molecular weight excluding hydrogens is 186 g/mol. The fourth-order valence-electron chi connectivity index (χ4n) is 1.52. The van der Waals surface area contributed by atoms with E-state index in [0.717, 1.165) is 25.1 Å². The van der Waals surface area contributed by atoms with Crippen molar-refractivity contribution >= 4 is 11.5 Å². The van der Waals surface area contributed by atoms with Gasteiger partial charge in [0.05, 0.1) is 0 Å². The van der Waals surface area contributed by atoms with Gasteiger partial charge in [-0.3, -0.25) is 9.79 Å². The van der Waals surface area contributed by atoms with Crippen molar-refractivity contribution in [2.45, 2.75) is 65.7 Å². The summed E-state index contributed by atoms with van der Waals surface area (Å²) in [6, 6.07) is 0. The molecule has 0 aliphatic rings. The van der Waals surface area contributed by atoms with E-state index in [0.29, 0.717) is 18.6 Å². The third-order valence-corrected chi connectivity index (χ3v) is 2.38. The highest BCUT2D eigenvalue weighted by molar-refractivity contribution is 6.00. The molecule has 88 valence electrons. The Kier molecular flexibility index (Phi) is 9.44. The predicted molar refractivity (Wildman–Crippen MR) is 66.7 cm³/mol. The molecule has 0 spiro atoms. The quantitative estimate of drug-likeness (QED) is 0.421. The molecule has 0 aliphatic carbocycles. The second-order valence-corrected chi connectivity index (χ2v) is 4.14. The first kappa shape index (κ1) is 14.3. The van der Waals surface area contributed by atoms with E-state index >= 15 is 0 Å². The lowest BCUT2D eigenvalue weighted by molar-refractivity contribution is -0.117. The van der Waals surface area contributed by atoms with Crippen molar-refractivity contribution in [1.29, 1.82) is 0 Å². The molecule has 0 fully saturated rings. The van der Waals surface area contributed by atoms with E-state index in [1.807, 2.05) is 13.8 Å². The molecule has 0 rings (SSSR count). The van der Waals surface area contributed by atoms with Crippen LogP contribution in [-0.2, 0) is 4.79 Å². The summed E-state index contributed by atoms with van der Waals surface area (Å²) in [6.45, 7) is 7.10. The number of rotatable bonds is 9. The Hall–Kier alpha value is -0.660. The van der Waals surface area contributed by atoms with Gasteiger partial charge in [-0.2, -0.15) is 0 Å². The summed E-state index contributed by atoms with van der Waals surface area (Å²) in [5.74, 6) is 0.326. The van der Waals surface area contributed by atoms with Gasteiger partial charge in [-0.05, 0) is 19.8 Å². The smallest absolute Gasteiger partial charge is 0.138 e. The largest absolute Gasteiger partial charge is 0.299 e. The van der Waals surface area contributed by atoms with Gasteiger partial charge in [-0.15, -0.1) is 0 Å². The highest BCUT2D eigenvalue weighted by Gasteiger charge is 2.01. The first-order chi connectivity index (χ1) is 7.20. The zero-order chi connectivity index (χ0) is 11.5. The van der Waals surface area contributed by atoms with Gasteiger partial charge in [-0.25, -0.2) is 0 Å². The van der Waals surface area contributed by atoms with E-state index in [4.69, 9.17) is 0 Å². The predicted octanol–water partition coefficient (Wildman–Crippen LogP) is 3.79. The minimum Gasteiger partial charge on any atom is -0.299 e. The Morgan fingerprint density at radius 1 is 1.07 bits per heavy atom. The Morgan fingerprint density at radius 3 is 2.40 bits per heavy atom. The van der Waals surface area contributed by atoms with E-state index < -0.39 is 0 Å². The van der Waals surface area contributed by atoms with Crippen LogP contribution in [0.2, 0.25) is 0 Å². The standard InChI is InChI=1S/C13H25NO/c1-4-6-7-8-10-14-12(3)11-13(15)9-5-2/h4-11H2,1-3H3/b14-12-. The first-order valence-electron chi connectivity index (χ1n) is 6.22. The van der Waals surface area contributed by atoms with Crippen LogP contribution < -0.4 is 0 Å². The Bertz CT molecular complexity index is 197. The maximum atomic E-state index is 11.3. The van der Waals surface area contributed by atoms with Gasteiger partial charge < -0.3 is 0 Å². The minimum absolute atomic E-state index is 0.326. The molecule has 0 saturated heterocycles. The zero-order valence-corrected chi connectivity index (χ0v) is 10.5. The fourth-order valence-corrected chi connectivity index (χ4v) is 1.52.